The van der Waals surface area contributed by atoms with Crippen LogP contribution in [0, 0.1) is 11.3 Å². The van der Waals surface area contributed by atoms with Crippen molar-refractivity contribution in [2.24, 2.45) is 0 Å². The van der Waals surface area contributed by atoms with E-state index in [4.69, 9.17) is 4.74 Å². The van der Waals surface area contributed by atoms with Crippen LogP contribution in [-0.2, 0) is 20.7 Å². The fourth-order valence-electron chi connectivity index (χ4n) is 2.40. The zero-order valence-corrected chi connectivity index (χ0v) is 12.5. The van der Waals surface area contributed by atoms with Crippen LogP contribution in [0.3, 0.4) is 0 Å². The number of ether oxygens (including phenoxy) is 1. The van der Waals surface area contributed by atoms with Gasteiger partial charge in [-0.1, -0.05) is 18.2 Å². The normalized spacial score (nSPS) is 13.1. The maximum absolute atomic E-state index is 12.2. The average molecular weight is 299 g/mol. The first-order valence-corrected chi connectivity index (χ1v) is 6.94. The van der Waals surface area contributed by atoms with Gasteiger partial charge in [-0.05, 0) is 18.6 Å². The van der Waals surface area contributed by atoms with Crippen LogP contribution in [0.4, 0.5) is 0 Å². The first-order valence-electron chi connectivity index (χ1n) is 6.94. The smallest absolute Gasteiger partial charge is 0.347 e. The van der Waals surface area contributed by atoms with Crippen LogP contribution >= 0.6 is 0 Å². The summed E-state index contributed by atoms with van der Waals surface area (Å²) in [5.74, 6) is -1.22. The van der Waals surface area contributed by atoms with E-state index >= 15 is 0 Å². The molecule has 1 aromatic carbocycles. The Morgan fingerprint density at radius 3 is 2.77 bits per heavy atom. The maximum Gasteiger partial charge on any atom is 0.347 e. The third-order valence-corrected chi connectivity index (χ3v) is 3.33. The highest BCUT2D eigenvalue weighted by atomic mass is 16.5. The molecule has 1 aromatic heterocycles. The summed E-state index contributed by atoms with van der Waals surface area (Å²) in [5.41, 5.74) is -0.0673. The summed E-state index contributed by atoms with van der Waals surface area (Å²) in [6.45, 7) is 3.05. The van der Waals surface area contributed by atoms with E-state index in [1.54, 1.807) is 13.1 Å². The van der Waals surface area contributed by atoms with Crippen molar-refractivity contribution in [3.8, 4) is 6.07 Å². The Labute approximate surface area is 128 Å². The minimum Gasteiger partial charge on any atom is -0.463 e. The van der Waals surface area contributed by atoms with E-state index in [2.05, 4.69) is 10.3 Å². The van der Waals surface area contributed by atoms with E-state index in [1.165, 1.54) is 6.92 Å². The average Bonchev–Trinajstić information content (AvgIpc) is 2.89. The molecule has 1 atom stereocenters. The van der Waals surface area contributed by atoms with Crippen LogP contribution in [0.1, 0.15) is 19.4 Å². The number of fused-ring (bicyclic) bond motifs is 1. The van der Waals surface area contributed by atoms with Crippen LogP contribution in [0.15, 0.2) is 30.5 Å². The first-order chi connectivity index (χ1) is 10.5. The lowest BCUT2D eigenvalue weighted by Crippen LogP contribution is -2.55. The summed E-state index contributed by atoms with van der Waals surface area (Å²) in [4.78, 5) is 26.8. The van der Waals surface area contributed by atoms with E-state index in [0.717, 1.165) is 16.5 Å². The van der Waals surface area contributed by atoms with Gasteiger partial charge in [-0.3, -0.25) is 4.79 Å². The van der Waals surface area contributed by atoms with Gasteiger partial charge in [0.15, 0.2) is 0 Å². The molecule has 0 bridgehead atoms. The predicted molar refractivity (Wildman–Crippen MR) is 80.8 cm³/mol. The molecule has 0 unspecified atom stereocenters. The topological polar surface area (TPSA) is 95.0 Å². The summed E-state index contributed by atoms with van der Waals surface area (Å²) < 4.78 is 4.97. The van der Waals surface area contributed by atoms with Crippen molar-refractivity contribution in [2.45, 2.75) is 25.8 Å². The molecule has 0 radical (unpaired) electrons. The lowest BCUT2D eigenvalue weighted by molar-refractivity contribution is -0.150. The number of carbonyl (C=O) groups excluding carboxylic acids is 2. The standard InChI is InChI=1S/C16H17N3O3/c1-3-22-15(21)16(10-17,19-11(2)20)8-12-9-18-14-7-5-4-6-13(12)14/h4-7,9,18H,3,8H2,1-2H3,(H,19,20)/t16-/m1/s1. The van der Waals surface area contributed by atoms with Crippen LogP contribution < -0.4 is 5.32 Å². The number of nitriles is 1. The Morgan fingerprint density at radius 2 is 2.14 bits per heavy atom. The Balaban J connectivity index is 2.43. The van der Waals surface area contributed by atoms with Gasteiger partial charge < -0.3 is 15.0 Å². The second-order valence-electron chi connectivity index (χ2n) is 4.96. The van der Waals surface area contributed by atoms with Gasteiger partial charge >= 0.3 is 5.97 Å². The quantitative estimate of drug-likeness (QED) is 0.821. The molecule has 2 rings (SSSR count). The highest BCUT2D eigenvalue weighted by Gasteiger charge is 2.42. The first kappa shape index (κ1) is 15.6. The fourth-order valence-corrected chi connectivity index (χ4v) is 2.40. The Hall–Kier alpha value is -2.81. The minimum absolute atomic E-state index is 0.0337. The number of amides is 1. The molecule has 0 spiro atoms. The second-order valence-corrected chi connectivity index (χ2v) is 4.96. The maximum atomic E-state index is 12.2. The summed E-state index contributed by atoms with van der Waals surface area (Å²) in [7, 11) is 0. The summed E-state index contributed by atoms with van der Waals surface area (Å²) in [6, 6.07) is 9.46. The number of para-hydroxylation sites is 1. The largest absolute Gasteiger partial charge is 0.463 e. The Kier molecular flexibility index (Phi) is 4.47. The molecule has 0 aliphatic heterocycles. The van der Waals surface area contributed by atoms with Crippen molar-refractivity contribution in [3.63, 3.8) is 0 Å². The lowest BCUT2D eigenvalue weighted by atomic mass is 9.91. The molecule has 2 N–H and O–H groups in total. The number of esters is 1. The number of nitrogens with one attached hydrogen (secondary N) is 2. The van der Waals surface area contributed by atoms with Gasteiger partial charge in [-0.2, -0.15) is 5.26 Å². The number of nitrogens with zero attached hydrogens (tertiary/aromatic N) is 1. The number of hydrogen-bond acceptors (Lipinski definition) is 4. The number of hydrogen-bond donors (Lipinski definition) is 2. The SMILES string of the molecule is CCOC(=O)[C@](C#N)(Cc1c[nH]c2ccccc12)NC(C)=O. The molecule has 0 saturated carbocycles. The third kappa shape index (κ3) is 2.93. The molecule has 2 aromatic rings. The number of rotatable bonds is 5. The van der Waals surface area contributed by atoms with E-state index in [-0.39, 0.29) is 13.0 Å². The van der Waals surface area contributed by atoms with E-state index in [0.29, 0.717) is 0 Å². The third-order valence-electron chi connectivity index (χ3n) is 3.33. The van der Waals surface area contributed by atoms with Crippen LogP contribution in [0.2, 0.25) is 0 Å². The lowest BCUT2D eigenvalue weighted by Gasteiger charge is -2.24. The molecule has 0 aliphatic rings. The second kappa shape index (κ2) is 6.31. The van der Waals surface area contributed by atoms with Crippen molar-refractivity contribution in [3.05, 3.63) is 36.0 Å². The molecule has 6 nitrogen and oxygen atoms in total. The van der Waals surface area contributed by atoms with Gasteiger partial charge in [0.05, 0.1) is 6.61 Å². The summed E-state index contributed by atoms with van der Waals surface area (Å²) >= 11 is 0. The zero-order valence-electron chi connectivity index (χ0n) is 12.5. The summed E-state index contributed by atoms with van der Waals surface area (Å²) in [5, 5.41) is 12.9. The van der Waals surface area contributed by atoms with E-state index in [1.807, 2.05) is 30.3 Å². The van der Waals surface area contributed by atoms with E-state index in [9.17, 15) is 14.9 Å². The monoisotopic (exact) mass is 299 g/mol. The molecule has 0 saturated heterocycles. The number of carbonyl (C=O) groups is 2. The van der Waals surface area contributed by atoms with Crippen molar-refractivity contribution in [1.29, 1.82) is 5.26 Å². The van der Waals surface area contributed by atoms with Gasteiger partial charge in [0.2, 0.25) is 11.4 Å². The highest BCUT2D eigenvalue weighted by Crippen LogP contribution is 2.23. The molecule has 1 heterocycles. The van der Waals surface area contributed by atoms with Crippen molar-refractivity contribution >= 4 is 22.8 Å². The van der Waals surface area contributed by atoms with Crippen LogP contribution in [0.5, 0.6) is 0 Å². The number of aromatic amines is 1. The van der Waals surface area contributed by atoms with Gasteiger partial charge in [0.1, 0.15) is 6.07 Å². The molecule has 0 aliphatic carbocycles. The molecular formula is C16H17N3O3. The van der Waals surface area contributed by atoms with Crippen molar-refractivity contribution in [2.75, 3.05) is 6.61 Å². The van der Waals surface area contributed by atoms with Crippen LogP contribution in [0.25, 0.3) is 10.9 Å². The molecule has 22 heavy (non-hydrogen) atoms. The van der Waals surface area contributed by atoms with Gasteiger partial charge in [0.25, 0.3) is 0 Å². The summed E-state index contributed by atoms with van der Waals surface area (Å²) in [6.07, 6.45) is 1.77. The molecule has 0 fully saturated rings. The van der Waals surface area contributed by atoms with E-state index < -0.39 is 17.4 Å². The van der Waals surface area contributed by atoms with Gasteiger partial charge in [-0.25, -0.2) is 4.79 Å². The Bertz CT molecular complexity index is 744. The molecule has 1 amide bonds. The zero-order chi connectivity index (χ0) is 16.2. The molecular weight excluding hydrogens is 282 g/mol. The van der Waals surface area contributed by atoms with Crippen molar-refractivity contribution < 1.29 is 14.3 Å². The number of H-pyrrole nitrogens is 1. The van der Waals surface area contributed by atoms with Gasteiger partial charge in [0, 0.05) is 30.4 Å². The number of benzene rings is 1. The minimum atomic E-state index is -1.73. The fraction of sp³-hybridized carbons (Fsp3) is 0.312. The predicted octanol–water partition coefficient (Wildman–Crippen LogP) is 1.67. The van der Waals surface area contributed by atoms with Gasteiger partial charge in [-0.15, -0.1) is 0 Å². The van der Waals surface area contributed by atoms with Crippen LogP contribution in [-0.4, -0.2) is 29.0 Å². The highest BCUT2D eigenvalue weighted by molar-refractivity contribution is 5.92. The van der Waals surface area contributed by atoms with Crippen molar-refractivity contribution in [1.82, 2.24) is 10.3 Å². The molecule has 6 heteroatoms. The number of aromatic nitrogens is 1. The molecule has 114 valence electrons. The Morgan fingerprint density at radius 1 is 1.41 bits per heavy atom.